The van der Waals surface area contributed by atoms with Gasteiger partial charge in [-0.25, -0.2) is 9.78 Å². The average molecular weight is 282 g/mol. The number of carboxylic acids is 1. The first-order chi connectivity index (χ1) is 9.19. The first-order valence-corrected chi connectivity index (χ1v) is 7.33. The molecule has 1 aliphatic heterocycles. The number of carboxylic acid groups (broad SMARTS) is 1. The van der Waals surface area contributed by atoms with Crippen LogP contribution in [0.15, 0.2) is 23.4 Å². The number of morpholine rings is 1. The molecule has 2 rings (SSSR count). The van der Waals surface area contributed by atoms with E-state index in [4.69, 9.17) is 9.84 Å². The number of thioether (sulfide) groups is 1. The van der Waals surface area contributed by atoms with Crippen molar-refractivity contribution in [3.63, 3.8) is 0 Å². The molecule has 1 fully saturated rings. The molecule has 19 heavy (non-hydrogen) atoms. The predicted molar refractivity (Wildman–Crippen MR) is 73.8 cm³/mol. The van der Waals surface area contributed by atoms with Crippen molar-refractivity contribution in [1.82, 2.24) is 9.88 Å². The van der Waals surface area contributed by atoms with E-state index in [1.165, 1.54) is 12.3 Å². The van der Waals surface area contributed by atoms with Crippen molar-refractivity contribution in [3.05, 3.63) is 23.9 Å². The van der Waals surface area contributed by atoms with Gasteiger partial charge in [-0.05, 0) is 18.7 Å². The second kappa shape index (κ2) is 6.88. The molecule has 1 aliphatic rings. The van der Waals surface area contributed by atoms with Crippen LogP contribution >= 0.6 is 11.8 Å². The highest BCUT2D eigenvalue weighted by Crippen LogP contribution is 2.20. The van der Waals surface area contributed by atoms with Crippen LogP contribution in [0.3, 0.4) is 0 Å². The fourth-order valence-electron chi connectivity index (χ4n) is 1.97. The van der Waals surface area contributed by atoms with E-state index in [2.05, 4.69) is 16.8 Å². The van der Waals surface area contributed by atoms with Gasteiger partial charge in [-0.15, -0.1) is 11.8 Å². The van der Waals surface area contributed by atoms with Crippen molar-refractivity contribution < 1.29 is 14.6 Å². The zero-order valence-corrected chi connectivity index (χ0v) is 11.7. The van der Waals surface area contributed by atoms with E-state index in [0.717, 1.165) is 37.0 Å². The molecule has 0 amide bonds. The van der Waals surface area contributed by atoms with Crippen LogP contribution in [0, 0.1) is 0 Å². The van der Waals surface area contributed by atoms with Crippen molar-refractivity contribution in [3.8, 4) is 0 Å². The van der Waals surface area contributed by atoms with E-state index in [1.54, 1.807) is 17.8 Å². The Kier molecular flexibility index (Phi) is 5.18. The Labute approximate surface area is 117 Å². The van der Waals surface area contributed by atoms with Crippen molar-refractivity contribution >= 4 is 17.7 Å². The Morgan fingerprint density at radius 1 is 1.68 bits per heavy atom. The van der Waals surface area contributed by atoms with Crippen LogP contribution in [0.5, 0.6) is 0 Å². The maximum Gasteiger partial charge on any atom is 0.335 e. The summed E-state index contributed by atoms with van der Waals surface area (Å²) < 4.78 is 5.70. The van der Waals surface area contributed by atoms with E-state index in [1.807, 2.05) is 0 Å². The summed E-state index contributed by atoms with van der Waals surface area (Å²) in [5.41, 5.74) is 0.275. The standard InChI is InChI=1S/C13H18N2O3S/c1-2-15-5-6-18-11(8-15)9-19-12-7-10(13(16)17)3-4-14-12/h3-4,7,11H,2,5-6,8-9H2,1H3,(H,16,17). The molecule has 0 radical (unpaired) electrons. The normalized spacial score (nSPS) is 20.4. The molecule has 1 atom stereocenters. The van der Waals surface area contributed by atoms with Gasteiger partial charge in [0.15, 0.2) is 0 Å². The minimum atomic E-state index is -0.921. The number of nitrogens with zero attached hydrogens (tertiary/aromatic N) is 2. The Morgan fingerprint density at radius 3 is 3.26 bits per heavy atom. The quantitative estimate of drug-likeness (QED) is 0.828. The van der Waals surface area contributed by atoms with Crippen LogP contribution in [0.2, 0.25) is 0 Å². The summed E-state index contributed by atoms with van der Waals surface area (Å²) in [7, 11) is 0. The summed E-state index contributed by atoms with van der Waals surface area (Å²) in [5.74, 6) is -0.123. The highest BCUT2D eigenvalue weighted by atomic mass is 32.2. The third-order valence-corrected chi connectivity index (χ3v) is 4.13. The number of aromatic carboxylic acids is 1. The van der Waals surface area contributed by atoms with Gasteiger partial charge in [-0.1, -0.05) is 6.92 Å². The summed E-state index contributed by atoms with van der Waals surface area (Å²) in [4.78, 5) is 17.4. The van der Waals surface area contributed by atoms with E-state index in [0.29, 0.717) is 0 Å². The zero-order chi connectivity index (χ0) is 13.7. The van der Waals surface area contributed by atoms with Gasteiger partial charge >= 0.3 is 5.97 Å². The minimum absolute atomic E-state index is 0.189. The topological polar surface area (TPSA) is 62.7 Å². The summed E-state index contributed by atoms with van der Waals surface area (Å²) in [6.45, 7) is 5.87. The summed E-state index contributed by atoms with van der Waals surface area (Å²) >= 11 is 1.54. The highest BCUT2D eigenvalue weighted by molar-refractivity contribution is 7.99. The maximum atomic E-state index is 10.9. The molecule has 1 saturated heterocycles. The average Bonchev–Trinajstić information content (AvgIpc) is 2.45. The van der Waals surface area contributed by atoms with Gasteiger partial charge in [0.25, 0.3) is 0 Å². The number of hydrogen-bond acceptors (Lipinski definition) is 5. The van der Waals surface area contributed by atoms with Crippen LogP contribution in [0.1, 0.15) is 17.3 Å². The minimum Gasteiger partial charge on any atom is -0.478 e. The second-order valence-corrected chi connectivity index (χ2v) is 5.43. The highest BCUT2D eigenvalue weighted by Gasteiger charge is 2.19. The molecule has 2 heterocycles. The largest absolute Gasteiger partial charge is 0.478 e. The number of aromatic nitrogens is 1. The second-order valence-electron chi connectivity index (χ2n) is 4.38. The molecular weight excluding hydrogens is 264 g/mol. The lowest BCUT2D eigenvalue weighted by Crippen LogP contribution is -2.43. The lowest BCUT2D eigenvalue weighted by Gasteiger charge is -2.31. The molecule has 0 saturated carbocycles. The molecule has 1 N–H and O–H groups in total. The Bertz CT molecular complexity index is 442. The number of carbonyl (C=O) groups is 1. The molecule has 5 nitrogen and oxygen atoms in total. The monoisotopic (exact) mass is 282 g/mol. The van der Waals surface area contributed by atoms with Crippen molar-refractivity contribution in [2.75, 3.05) is 32.0 Å². The number of rotatable bonds is 5. The summed E-state index contributed by atoms with van der Waals surface area (Å²) in [6, 6.07) is 3.11. The molecule has 1 unspecified atom stereocenters. The van der Waals surface area contributed by atoms with Gasteiger partial charge in [0.1, 0.15) is 0 Å². The van der Waals surface area contributed by atoms with Gasteiger partial charge < -0.3 is 9.84 Å². The number of ether oxygens (including phenoxy) is 1. The molecule has 0 bridgehead atoms. The molecule has 104 valence electrons. The lowest BCUT2D eigenvalue weighted by molar-refractivity contribution is -0.0137. The zero-order valence-electron chi connectivity index (χ0n) is 10.9. The molecule has 0 aromatic carbocycles. The van der Waals surface area contributed by atoms with Crippen LogP contribution < -0.4 is 0 Å². The van der Waals surface area contributed by atoms with Gasteiger partial charge in [0.05, 0.1) is 23.3 Å². The predicted octanol–water partition coefficient (Wildman–Crippen LogP) is 1.59. The molecule has 0 spiro atoms. The van der Waals surface area contributed by atoms with E-state index < -0.39 is 5.97 Å². The third-order valence-electron chi connectivity index (χ3n) is 3.07. The number of hydrogen-bond donors (Lipinski definition) is 1. The third kappa shape index (κ3) is 4.19. The van der Waals surface area contributed by atoms with Crippen molar-refractivity contribution in [2.45, 2.75) is 18.1 Å². The smallest absolute Gasteiger partial charge is 0.335 e. The summed E-state index contributed by atoms with van der Waals surface area (Å²) in [6.07, 6.45) is 1.72. The van der Waals surface area contributed by atoms with Gasteiger partial charge in [-0.2, -0.15) is 0 Å². The molecule has 1 aromatic heterocycles. The molecule has 6 heteroatoms. The fraction of sp³-hybridized carbons (Fsp3) is 0.538. The summed E-state index contributed by atoms with van der Waals surface area (Å²) in [5, 5.41) is 9.66. The Hall–Kier alpha value is -1.11. The van der Waals surface area contributed by atoms with Crippen molar-refractivity contribution in [2.24, 2.45) is 0 Å². The van der Waals surface area contributed by atoms with Gasteiger partial charge in [-0.3, -0.25) is 4.90 Å². The van der Waals surface area contributed by atoms with Gasteiger partial charge in [0.2, 0.25) is 0 Å². The Morgan fingerprint density at radius 2 is 2.53 bits per heavy atom. The van der Waals surface area contributed by atoms with Crippen molar-refractivity contribution in [1.29, 1.82) is 0 Å². The maximum absolute atomic E-state index is 10.9. The fourth-order valence-corrected chi connectivity index (χ4v) is 2.87. The van der Waals surface area contributed by atoms with Crippen LogP contribution in [-0.2, 0) is 4.74 Å². The molecule has 0 aliphatic carbocycles. The van der Waals surface area contributed by atoms with Gasteiger partial charge in [0, 0.05) is 25.0 Å². The Balaban J connectivity index is 1.88. The van der Waals surface area contributed by atoms with Crippen LogP contribution in [0.4, 0.5) is 0 Å². The molecule has 1 aromatic rings. The number of pyridine rings is 1. The molecular formula is C13H18N2O3S. The van der Waals surface area contributed by atoms with Crippen LogP contribution in [0.25, 0.3) is 0 Å². The lowest BCUT2D eigenvalue weighted by atomic mass is 10.3. The SMILES string of the molecule is CCN1CCOC(CSc2cc(C(=O)O)ccn2)C1. The number of likely N-dealkylation sites (N-methyl/N-ethyl adjacent to an activating group) is 1. The van der Waals surface area contributed by atoms with E-state index in [-0.39, 0.29) is 11.7 Å². The first-order valence-electron chi connectivity index (χ1n) is 6.35. The van der Waals surface area contributed by atoms with Crippen LogP contribution in [-0.4, -0.2) is 59.1 Å². The van der Waals surface area contributed by atoms with E-state index >= 15 is 0 Å². The van der Waals surface area contributed by atoms with E-state index in [9.17, 15) is 4.79 Å². The first kappa shape index (κ1) is 14.3.